The SMILES string of the molecule is CC(=O)Nc1ccc(-c2csc(NC(=O)c3ccc(N4CCCC4)c([N+](=O)[O-])c3)n2)cc1. The predicted molar refractivity (Wildman–Crippen MR) is 124 cm³/mol. The first kappa shape index (κ1) is 21.4. The summed E-state index contributed by atoms with van der Waals surface area (Å²) in [6, 6.07) is 11.8. The number of hydrogen-bond donors (Lipinski definition) is 2. The average molecular weight is 452 g/mol. The summed E-state index contributed by atoms with van der Waals surface area (Å²) in [6.07, 6.45) is 2.00. The Bertz CT molecular complexity index is 1170. The van der Waals surface area contributed by atoms with Crippen LogP contribution in [0.15, 0.2) is 47.8 Å². The van der Waals surface area contributed by atoms with Gasteiger partial charge in [-0.3, -0.25) is 25.0 Å². The average Bonchev–Trinajstić information content (AvgIpc) is 3.46. The molecule has 0 atom stereocenters. The van der Waals surface area contributed by atoms with Crippen molar-refractivity contribution in [2.24, 2.45) is 0 Å². The normalized spacial score (nSPS) is 13.1. The van der Waals surface area contributed by atoms with Crippen LogP contribution in [-0.2, 0) is 4.79 Å². The van der Waals surface area contributed by atoms with Gasteiger partial charge in [-0.2, -0.15) is 0 Å². The van der Waals surface area contributed by atoms with Crippen LogP contribution in [0, 0.1) is 10.1 Å². The molecule has 10 heteroatoms. The lowest BCUT2D eigenvalue weighted by molar-refractivity contribution is -0.384. The molecule has 1 aliphatic heterocycles. The van der Waals surface area contributed by atoms with Crippen LogP contribution in [0.4, 0.5) is 22.2 Å². The summed E-state index contributed by atoms with van der Waals surface area (Å²) in [6.45, 7) is 3.00. The maximum absolute atomic E-state index is 12.7. The lowest BCUT2D eigenvalue weighted by Gasteiger charge is -2.17. The van der Waals surface area contributed by atoms with Gasteiger partial charge in [0.25, 0.3) is 11.6 Å². The molecule has 4 rings (SSSR count). The van der Waals surface area contributed by atoms with Crippen molar-refractivity contribution in [1.29, 1.82) is 0 Å². The number of amides is 2. The predicted octanol–water partition coefficient (Wildman–Crippen LogP) is 4.53. The van der Waals surface area contributed by atoms with Crippen molar-refractivity contribution in [1.82, 2.24) is 4.98 Å². The fourth-order valence-corrected chi connectivity index (χ4v) is 4.31. The van der Waals surface area contributed by atoms with E-state index >= 15 is 0 Å². The Balaban J connectivity index is 1.48. The number of nitro groups is 1. The Morgan fingerprint density at radius 2 is 1.81 bits per heavy atom. The minimum Gasteiger partial charge on any atom is -0.366 e. The molecule has 0 bridgehead atoms. The van der Waals surface area contributed by atoms with Gasteiger partial charge < -0.3 is 10.2 Å². The summed E-state index contributed by atoms with van der Waals surface area (Å²) >= 11 is 1.26. The molecule has 1 aromatic heterocycles. The molecule has 1 fully saturated rings. The number of rotatable bonds is 6. The molecule has 1 aliphatic rings. The van der Waals surface area contributed by atoms with Crippen LogP contribution < -0.4 is 15.5 Å². The number of anilines is 3. The van der Waals surface area contributed by atoms with Crippen LogP contribution in [0.25, 0.3) is 11.3 Å². The Morgan fingerprint density at radius 3 is 2.47 bits per heavy atom. The van der Waals surface area contributed by atoms with Gasteiger partial charge in [0.1, 0.15) is 5.69 Å². The molecule has 2 amide bonds. The van der Waals surface area contributed by atoms with Gasteiger partial charge in [0, 0.05) is 48.3 Å². The number of nitrogens with zero attached hydrogens (tertiary/aromatic N) is 3. The van der Waals surface area contributed by atoms with E-state index < -0.39 is 10.8 Å². The largest absolute Gasteiger partial charge is 0.366 e. The second-order valence-corrected chi connectivity index (χ2v) is 8.26. The van der Waals surface area contributed by atoms with Gasteiger partial charge in [-0.05, 0) is 37.1 Å². The van der Waals surface area contributed by atoms with Gasteiger partial charge in [0.2, 0.25) is 5.91 Å². The number of nitro benzene ring substituents is 1. The number of hydrogen-bond acceptors (Lipinski definition) is 7. The fraction of sp³-hybridized carbons (Fsp3) is 0.227. The summed E-state index contributed by atoms with van der Waals surface area (Å²) in [7, 11) is 0. The summed E-state index contributed by atoms with van der Waals surface area (Å²) in [4.78, 5) is 41.4. The topological polar surface area (TPSA) is 117 Å². The molecular formula is C22H21N5O4S. The standard InChI is InChI=1S/C22H21N5O4S/c1-14(28)23-17-7-4-15(5-8-17)18-13-32-22(24-18)25-21(29)16-6-9-19(20(12-16)27(30)31)26-10-2-3-11-26/h4-9,12-13H,2-3,10-11H2,1H3,(H,23,28)(H,24,25,29). The molecule has 0 aliphatic carbocycles. The minimum atomic E-state index is -0.456. The Hall–Kier alpha value is -3.79. The first-order valence-electron chi connectivity index (χ1n) is 10.1. The highest BCUT2D eigenvalue weighted by molar-refractivity contribution is 7.14. The van der Waals surface area contributed by atoms with Gasteiger partial charge in [0.15, 0.2) is 5.13 Å². The number of carbonyl (C=O) groups is 2. The second-order valence-electron chi connectivity index (χ2n) is 7.41. The summed E-state index contributed by atoms with van der Waals surface area (Å²) in [5, 5.41) is 19.2. The van der Waals surface area contributed by atoms with E-state index in [1.54, 1.807) is 24.3 Å². The molecule has 0 spiro atoms. The Labute approximate surface area is 188 Å². The number of nitrogens with one attached hydrogen (secondary N) is 2. The molecule has 2 aromatic carbocycles. The highest BCUT2D eigenvalue weighted by atomic mass is 32.1. The zero-order valence-corrected chi connectivity index (χ0v) is 18.1. The summed E-state index contributed by atoms with van der Waals surface area (Å²) < 4.78 is 0. The van der Waals surface area contributed by atoms with E-state index in [4.69, 9.17) is 0 Å². The molecule has 0 saturated carbocycles. The maximum atomic E-state index is 12.7. The van der Waals surface area contributed by atoms with E-state index in [1.807, 2.05) is 22.4 Å². The molecule has 32 heavy (non-hydrogen) atoms. The molecule has 0 unspecified atom stereocenters. The summed E-state index contributed by atoms with van der Waals surface area (Å²) in [5.41, 5.74) is 2.87. The first-order valence-corrected chi connectivity index (χ1v) is 11.0. The molecule has 0 radical (unpaired) electrons. The zero-order valence-electron chi connectivity index (χ0n) is 17.3. The van der Waals surface area contributed by atoms with Gasteiger partial charge >= 0.3 is 0 Å². The molecular weight excluding hydrogens is 430 g/mol. The van der Waals surface area contributed by atoms with Crippen molar-refractivity contribution in [2.75, 3.05) is 28.6 Å². The van der Waals surface area contributed by atoms with Gasteiger partial charge in [-0.15, -0.1) is 11.3 Å². The van der Waals surface area contributed by atoms with E-state index in [-0.39, 0.29) is 17.2 Å². The maximum Gasteiger partial charge on any atom is 0.293 e. The molecule has 1 saturated heterocycles. The molecule has 3 aromatic rings. The Morgan fingerprint density at radius 1 is 1.09 bits per heavy atom. The molecule has 9 nitrogen and oxygen atoms in total. The lowest BCUT2D eigenvalue weighted by Crippen LogP contribution is -2.19. The summed E-state index contributed by atoms with van der Waals surface area (Å²) in [5.74, 6) is -0.604. The smallest absolute Gasteiger partial charge is 0.293 e. The van der Waals surface area contributed by atoms with Crippen molar-refractivity contribution in [3.8, 4) is 11.3 Å². The van der Waals surface area contributed by atoms with Crippen molar-refractivity contribution in [3.05, 3.63) is 63.5 Å². The zero-order chi connectivity index (χ0) is 22.7. The van der Waals surface area contributed by atoms with Crippen molar-refractivity contribution >= 4 is 45.3 Å². The van der Waals surface area contributed by atoms with Crippen LogP contribution in [-0.4, -0.2) is 34.8 Å². The van der Waals surface area contributed by atoms with E-state index in [0.29, 0.717) is 22.2 Å². The van der Waals surface area contributed by atoms with Crippen LogP contribution in [0.3, 0.4) is 0 Å². The number of benzene rings is 2. The number of aromatic nitrogens is 1. The van der Waals surface area contributed by atoms with Crippen molar-refractivity contribution in [2.45, 2.75) is 19.8 Å². The monoisotopic (exact) mass is 451 g/mol. The number of thiazole rings is 1. The van der Waals surface area contributed by atoms with Gasteiger partial charge in [0.05, 0.1) is 10.6 Å². The highest BCUT2D eigenvalue weighted by Gasteiger charge is 2.24. The Kier molecular flexibility index (Phi) is 6.13. The van der Waals surface area contributed by atoms with Gasteiger partial charge in [-0.1, -0.05) is 12.1 Å². The molecule has 2 heterocycles. The third-order valence-electron chi connectivity index (χ3n) is 5.11. The highest BCUT2D eigenvalue weighted by Crippen LogP contribution is 2.32. The number of carbonyl (C=O) groups excluding carboxylic acids is 2. The van der Waals surface area contributed by atoms with Crippen LogP contribution in [0.1, 0.15) is 30.1 Å². The third kappa shape index (κ3) is 4.75. The van der Waals surface area contributed by atoms with Crippen LogP contribution in [0.2, 0.25) is 0 Å². The van der Waals surface area contributed by atoms with E-state index in [2.05, 4.69) is 15.6 Å². The second kappa shape index (κ2) is 9.15. The lowest BCUT2D eigenvalue weighted by atomic mass is 10.1. The van der Waals surface area contributed by atoms with E-state index in [1.165, 1.54) is 24.3 Å². The first-order chi connectivity index (χ1) is 15.4. The van der Waals surface area contributed by atoms with Crippen LogP contribution in [0.5, 0.6) is 0 Å². The fourth-order valence-electron chi connectivity index (χ4n) is 3.60. The van der Waals surface area contributed by atoms with Gasteiger partial charge in [-0.25, -0.2) is 4.98 Å². The molecule has 2 N–H and O–H groups in total. The van der Waals surface area contributed by atoms with Crippen molar-refractivity contribution in [3.63, 3.8) is 0 Å². The van der Waals surface area contributed by atoms with E-state index in [0.717, 1.165) is 31.5 Å². The minimum absolute atomic E-state index is 0.0707. The van der Waals surface area contributed by atoms with Crippen molar-refractivity contribution < 1.29 is 14.5 Å². The quantitative estimate of drug-likeness (QED) is 0.420. The molecule has 164 valence electrons. The third-order valence-corrected chi connectivity index (χ3v) is 5.86. The van der Waals surface area contributed by atoms with E-state index in [9.17, 15) is 19.7 Å². The van der Waals surface area contributed by atoms with Crippen LogP contribution >= 0.6 is 11.3 Å².